The highest BCUT2D eigenvalue weighted by Crippen LogP contribution is 2.34. The molecule has 0 amide bonds. The van der Waals surface area contributed by atoms with Crippen molar-refractivity contribution in [3.8, 4) is 0 Å². The molecule has 0 spiro atoms. The molecule has 1 saturated heterocycles. The van der Waals surface area contributed by atoms with Crippen molar-refractivity contribution in [1.82, 2.24) is 0 Å². The summed E-state index contributed by atoms with van der Waals surface area (Å²) in [7, 11) is 0. The van der Waals surface area contributed by atoms with Crippen molar-refractivity contribution in [1.29, 1.82) is 0 Å². The second-order valence-electron chi connectivity index (χ2n) is 5.94. The zero-order valence-corrected chi connectivity index (χ0v) is 12.6. The zero-order valence-electron chi connectivity index (χ0n) is 12.6. The van der Waals surface area contributed by atoms with Gasteiger partial charge in [-0.05, 0) is 6.42 Å². The van der Waals surface area contributed by atoms with Gasteiger partial charge < -0.3 is 14.9 Å². The van der Waals surface area contributed by atoms with Gasteiger partial charge in [0.1, 0.15) is 6.10 Å². The van der Waals surface area contributed by atoms with Gasteiger partial charge in [-0.25, -0.2) is 0 Å². The van der Waals surface area contributed by atoms with Crippen LogP contribution >= 0.6 is 0 Å². The molecule has 19 heavy (non-hydrogen) atoms. The van der Waals surface area contributed by atoms with Crippen molar-refractivity contribution in [2.24, 2.45) is 0 Å². The zero-order chi connectivity index (χ0) is 14.0. The maximum Gasteiger partial charge on any atom is 0.306 e. The van der Waals surface area contributed by atoms with E-state index in [0.29, 0.717) is 0 Å². The topological polar surface area (TPSA) is 53.0 Å². The molecule has 1 aliphatic heterocycles. The third-order valence-electron chi connectivity index (χ3n) is 4.00. The van der Waals surface area contributed by atoms with E-state index in [1.165, 1.54) is 70.6 Å². The fraction of sp³-hybridized carbons (Fsp3) is 1.00. The van der Waals surface area contributed by atoms with Gasteiger partial charge in [0.2, 0.25) is 0 Å². The predicted molar refractivity (Wildman–Crippen MR) is 77.7 cm³/mol. The summed E-state index contributed by atoms with van der Waals surface area (Å²) in [4.78, 5) is 0. The minimum absolute atomic E-state index is 0.323. The van der Waals surface area contributed by atoms with Crippen LogP contribution in [-0.4, -0.2) is 22.3 Å². The van der Waals surface area contributed by atoms with Gasteiger partial charge >= 0.3 is 5.97 Å². The molecule has 114 valence electrons. The second-order valence-corrected chi connectivity index (χ2v) is 5.94. The molecule has 1 unspecified atom stereocenters. The van der Waals surface area contributed by atoms with Gasteiger partial charge in [-0.15, -0.1) is 0 Å². The molecule has 2 N–H and O–H groups in total. The smallest absolute Gasteiger partial charge is 0.306 e. The molecule has 1 atom stereocenters. The van der Waals surface area contributed by atoms with E-state index in [1.807, 2.05) is 0 Å². The van der Waals surface area contributed by atoms with Crippen LogP contribution < -0.4 is 0 Å². The normalized spacial score (nSPS) is 20.7. The van der Waals surface area contributed by atoms with Gasteiger partial charge in [-0.3, -0.25) is 0 Å². The molecule has 0 aromatic carbocycles. The van der Waals surface area contributed by atoms with Crippen molar-refractivity contribution < 1.29 is 14.9 Å². The minimum Gasteiger partial charge on any atom is -0.341 e. The first-order valence-electron chi connectivity index (χ1n) is 8.29. The summed E-state index contributed by atoms with van der Waals surface area (Å²) in [5.74, 6) is -1.79. The Morgan fingerprint density at radius 2 is 1.11 bits per heavy atom. The summed E-state index contributed by atoms with van der Waals surface area (Å²) in [6, 6.07) is 0. The Morgan fingerprint density at radius 3 is 1.47 bits per heavy atom. The van der Waals surface area contributed by atoms with Gasteiger partial charge in [0.15, 0.2) is 0 Å². The third kappa shape index (κ3) is 8.61. The van der Waals surface area contributed by atoms with Crippen LogP contribution in [0.2, 0.25) is 0 Å². The summed E-state index contributed by atoms with van der Waals surface area (Å²) in [5, 5.41) is 18.0. The van der Waals surface area contributed by atoms with Crippen LogP contribution in [0.1, 0.15) is 90.4 Å². The number of hydrogen-bond donors (Lipinski definition) is 2. The lowest BCUT2D eigenvalue weighted by atomic mass is 10.0. The third-order valence-corrected chi connectivity index (χ3v) is 4.00. The SMILES string of the molecule is CCCCCCCCCCCCCCC1OC1(O)O. The van der Waals surface area contributed by atoms with E-state index in [1.54, 1.807) is 0 Å². The average molecular weight is 272 g/mol. The maximum atomic E-state index is 9.00. The molecule has 0 aromatic rings. The van der Waals surface area contributed by atoms with Crippen molar-refractivity contribution in [2.45, 2.75) is 102 Å². The van der Waals surface area contributed by atoms with E-state index in [-0.39, 0.29) is 6.10 Å². The average Bonchev–Trinajstić information content (AvgIpc) is 2.98. The lowest BCUT2D eigenvalue weighted by Gasteiger charge is -2.02. The molecule has 0 saturated carbocycles. The molecule has 1 aliphatic rings. The molecule has 0 aliphatic carbocycles. The molecule has 0 bridgehead atoms. The number of aliphatic hydroxyl groups is 2. The maximum absolute atomic E-state index is 9.00. The molecule has 3 heteroatoms. The van der Waals surface area contributed by atoms with Crippen LogP contribution in [0.3, 0.4) is 0 Å². The lowest BCUT2D eigenvalue weighted by Crippen LogP contribution is -2.11. The molecule has 1 fully saturated rings. The van der Waals surface area contributed by atoms with Crippen LogP contribution in [0.15, 0.2) is 0 Å². The highest BCUT2D eigenvalue weighted by atomic mass is 16.9. The summed E-state index contributed by atoms with van der Waals surface area (Å²) in [6.07, 6.45) is 16.4. The largest absolute Gasteiger partial charge is 0.341 e. The van der Waals surface area contributed by atoms with E-state index < -0.39 is 5.97 Å². The first-order valence-corrected chi connectivity index (χ1v) is 8.29. The Labute approximate surface area is 118 Å². The molecule has 1 rings (SSSR count). The van der Waals surface area contributed by atoms with E-state index in [4.69, 9.17) is 14.9 Å². The molecule has 0 aromatic heterocycles. The summed E-state index contributed by atoms with van der Waals surface area (Å²) >= 11 is 0. The molecule has 3 nitrogen and oxygen atoms in total. The lowest BCUT2D eigenvalue weighted by molar-refractivity contribution is -0.150. The Hall–Kier alpha value is -0.120. The van der Waals surface area contributed by atoms with Crippen molar-refractivity contribution in [2.75, 3.05) is 0 Å². The highest BCUT2D eigenvalue weighted by molar-refractivity contribution is 4.81. The highest BCUT2D eigenvalue weighted by Gasteiger charge is 2.53. The fourth-order valence-corrected chi connectivity index (χ4v) is 2.59. The molecule has 0 radical (unpaired) electrons. The van der Waals surface area contributed by atoms with E-state index >= 15 is 0 Å². The Balaban J connectivity index is 1.68. The predicted octanol–water partition coefficient (Wildman–Crippen LogP) is 4.11. The first-order chi connectivity index (χ1) is 9.17. The van der Waals surface area contributed by atoms with Crippen molar-refractivity contribution in [3.05, 3.63) is 0 Å². The standard InChI is InChI=1S/C16H32O3/c1-2-3-4-5-6-7-8-9-10-11-12-13-14-15-16(17,18)19-15/h15,17-18H,2-14H2,1H3. The van der Waals surface area contributed by atoms with E-state index in [0.717, 1.165) is 12.8 Å². The molecular weight excluding hydrogens is 240 g/mol. The van der Waals surface area contributed by atoms with Crippen molar-refractivity contribution >= 4 is 0 Å². The second kappa shape index (κ2) is 9.73. The van der Waals surface area contributed by atoms with Crippen LogP contribution in [-0.2, 0) is 4.74 Å². The number of hydrogen-bond acceptors (Lipinski definition) is 3. The van der Waals surface area contributed by atoms with Crippen molar-refractivity contribution in [3.63, 3.8) is 0 Å². The molecule has 1 heterocycles. The number of epoxide rings is 1. The van der Waals surface area contributed by atoms with Crippen LogP contribution in [0.25, 0.3) is 0 Å². The number of unbranched alkanes of at least 4 members (excludes halogenated alkanes) is 11. The number of ether oxygens (including phenoxy) is 1. The van der Waals surface area contributed by atoms with Crippen LogP contribution in [0.5, 0.6) is 0 Å². The van der Waals surface area contributed by atoms with Gasteiger partial charge in [0.05, 0.1) is 0 Å². The van der Waals surface area contributed by atoms with Gasteiger partial charge in [0, 0.05) is 0 Å². The Kier molecular flexibility index (Phi) is 8.67. The summed E-state index contributed by atoms with van der Waals surface area (Å²) in [6.45, 7) is 2.26. The van der Waals surface area contributed by atoms with Gasteiger partial charge in [-0.2, -0.15) is 0 Å². The minimum atomic E-state index is -1.79. The quantitative estimate of drug-likeness (QED) is 0.301. The van der Waals surface area contributed by atoms with Crippen LogP contribution in [0, 0.1) is 0 Å². The number of rotatable bonds is 13. The Morgan fingerprint density at radius 1 is 0.737 bits per heavy atom. The fourth-order valence-electron chi connectivity index (χ4n) is 2.59. The van der Waals surface area contributed by atoms with E-state index in [9.17, 15) is 0 Å². The molecular formula is C16H32O3. The van der Waals surface area contributed by atoms with E-state index in [2.05, 4.69) is 6.92 Å². The Bertz CT molecular complexity index is 216. The summed E-state index contributed by atoms with van der Waals surface area (Å²) < 4.78 is 4.72. The first kappa shape index (κ1) is 16.9. The van der Waals surface area contributed by atoms with Gasteiger partial charge in [0.25, 0.3) is 0 Å². The van der Waals surface area contributed by atoms with Crippen LogP contribution in [0.4, 0.5) is 0 Å². The van der Waals surface area contributed by atoms with Gasteiger partial charge in [-0.1, -0.05) is 84.0 Å². The summed E-state index contributed by atoms with van der Waals surface area (Å²) in [5.41, 5.74) is 0. The monoisotopic (exact) mass is 272 g/mol.